The monoisotopic (exact) mass is 349 g/mol. The molecule has 0 amide bonds. The first kappa shape index (κ1) is 15.3. The fourth-order valence-electron chi connectivity index (χ4n) is 2.18. The quantitative estimate of drug-likeness (QED) is 0.653. The van der Waals surface area contributed by atoms with Gasteiger partial charge in [-0.15, -0.1) is 0 Å². The van der Waals surface area contributed by atoms with Crippen LogP contribution in [0.2, 0.25) is 0 Å². The van der Waals surface area contributed by atoms with Crippen LogP contribution in [0.25, 0.3) is 0 Å². The van der Waals surface area contributed by atoms with E-state index < -0.39 is 0 Å². The molecule has 1 N–H and O–H groups in total. The molecule has 0 atom stereocenters. The van der Waals surface area contributed by atoms with Gasteiger partial charge in [-0.3, -0.25) is 10.1 Å². The molecule has 0 heterocycles. The highest BCUT2D eigenvalue weighted by atomic mass is 79.9. The maximum Gasteiger partial charge on any atom is 0.315 e. The molecule has 0 unspecified atom stereocenters. The predicted molar refractivity (Wildman–Crippen MR) is 88.9 cm³/mol. The summed E-state index contributed by atoms with van der Waals surface area (Å²) in [5.74, 6) is 0. The van der Waals surface area contributed by atoms with Gasteiger partial charge >= 0.3 is 5.69 Å². The average Bonchev–Trinajstić information content (AvgIpc) is 2.48. The number of benzene rings is 2. The highest BCUT2D eigenvalue weighted by molar-refractivity contribution is 9.10. The Morgan fingerprint density at radius 1 is 1.24 bits per heavy atom. The summed E-state index contributed by atoms with van der Waals surface area (Å²) in [7, 11) is 3.53. The standard InChI is InChI=1S/C15H16BrN3O2/c1-17-13-4-3-5-14(15(13)19(20)21)18(2)10-11-6-8-12(16)9-7-11/h3-9,17H,10H2,1-2H3. The predicted octanol–water partition coefficient (Wildman–Crippen LogP) is 4.04. The number of rotatable bonds is 5. The zero-order chi connectivity index (χ0) is 15.4. The van der Waals surface area contributed by atoms with E-state index in [1.165, 1.54) is 0 Å². The van der Waals surface area contributed by atoms with Crippen molar-refractivity contribution in [3.05, 3.63) is 62.6 Å². The van der Waals surface area contributed by atoms with Crippen LogP contribution in [0, 0.1) is 10.1 Å². The molecule has 5 nitrogen and oxygen atoms in total. The minimum atomic E-state index is -0.348. The molecule has 0 bridgehead atoms. The molecule has 0 spiro atoms. The molecule has 0 saturated carbocycles. The minimum absolute atomic E-state index is 0.0969. The molecule has 6 heteroatoms. The molecule has 0 aliphatic heterocycles. The van der Waals surface area contributed by atoms with Gasteiger partial charge in [-0.2, -0.15) is 0 Å². The number of nitrogens with one attached hydrogen (secondary N) is 1. The van der Waals surface area contributed by atoms with Crippen LogP contribution >= 0.6 is 15.9 Å². The lowest BCUT2D eigenvalue weighted by molar-refractivity contribution is -0.383. The van der Waals surface area contributed by atoms with Crippen molar-refractivity contribution >= 4 is 33.0 Å². The van der Waals surface area contributed by atoms with Gasteiger partial charge in [0.1, 0.15) is 11.4 Å². The van der Waals surface area contributed by atoms with Crippen LogP contribution in [0.1, 0.15) is 5.56 Å². The van der Waals surface area contributed by atoms with E-state index in [1.54, 1.807) is 19.2 Å². The number of anilines is 2. The van der Waals surface area contributed by atoms with Crippen LogP contribution in [0.3, 0.4) is 0 Å². The Morgan fingerprint density at radius 3 is 2.48 bits per heavy atom. The Hall–Kier alpha value is -2.08. The van der Waals surface area contributed by atoms with E-state index >= 15 is 0 Å². The van der Waals surface area contributed by atoms with Crippen molar-refractivity contribution in [1.29, 1.82) is 0 Å². The van der Waals surface area contributed by atoms with Crippen molar-refractivity contribution in [2.24, 2.45) is 0 Å². The van der Waals surface area contributed by atoms with Crippen LogP contribution < -0.4 is 10.2 Å². The lowest BCUT2D eigenvalue weighted by atomic mass is 10.1. The van der Waals surface area contributed by atoms with Crippen LogP contribution in [-0.4, -0.2) is 19.0 Å². The molecule has 0 aromatic heterocycles. The number of hydrogen-bond donors (Lipinski definition) is 1. The smallest absolute Gasteiger partial charge is 0.315 e. The molecule has 110 valence electrons. The van der Waals surface area contributed by atoms with Crippen molar-refractivity contribution in [2.45, 2.75) is 6.54 Å². The van der Waals surface area contributed by atoms with Crippen LogP contribution in [0.15, 0.2) is 46.9 Å². The highest BCUT2D eigenvalue weighted by Crippen LogP contribution is 2.35. The topological polar surface area (TPSA) is 58.4 Å². The molecule has 21 heavy (non-hydrogen) atoms. The molecular formula is C15H16BrN3O2. The van der Waals surface area contributed by atoms with E-state index in [-0.39, 0.29) is 10.6 Å². The molecule has 0 radical (unpaired) electrons. The second kappa shape index (κ2) is 6.58. The summed E-state index contributed by atoms with van der Waals surface area (Å²) in [5.41, 5.74) is 2.29. The van der Waals surface area contributed by atoms with Gasteiger partial charge in [0.25, 0.3) is 0 Å². The normalized spacial score (nSPS) is 10.2. The zero-order valence-electron chi connectivity index (χ0n) is 11.8. The number of nitro groups is 1. The molecule has 2 aromatic rings. The van der Waals surface area contributed by atoms with E-state index in [0.717, 1.165) is 10.0 Å². The van der Waals surface area contributed by atoms with Crippen molar-refractivity contribution in [1.82, 2.24) is 0 Å². The van der Waals surface area contributed by atoms with E-state index in [1.807, 2.05) is 42.3 Å². The van der Waals surface area contributed by atoms with Crippen LogP contribution in [-0.2, 0) is 6.54 Å². The summed E-state index contributed by atoms with van der Waals surface area (Å²) in [6, 6.07) is 13.2. The summed E-state index contributed by atoms with van der Waals surface area (Å²) in [5, 5.41) is 14.2. The Kier molecular flexibility index (Phi) is 4.80. The molecular weight excluding hydrogens is 334 g/mol. The fraction of sp³-hybridized carbons (Fsp3) is 0.200. The van der Waals surface area contributed by atoms with Gasteiger partial charge in [0, 0.05) is 25.1 Å². The van der Waals surface area contributed by atoms with Crippen molar-refractivity contribution in [3.63, 3.8) is 0 Å². The third-order valence-corrected chi connectivity index (χ3v) is 3.74. The van der Waals surface area contributed by atoms with E-state index in [9.17, 15) is 10.1 Å². The first-order valence-electron chi connectivity index (χ1n) is 6.43. The third-order valence-electron chi connectivity index (χ3n) is 3.21. The van der Waals surface area contributed by atoms with Gasteiger partial charge in [0.05, 0.1) is 4.92 Å². The molecule has 2 rings (SSSR count). The summed E-state index contributed by atoms with van der Waals surface area (Å²) in [4.78, 5) is 12.9. The van der Waals surface area contributed by atoms with E-state index in [0.29, 0.717) is 17.9 Å². The number of nitrogens with zero attached hydrogens (tertiary/aromatic N) is 2. The average molecular weight is 350 g/mol. The largest absolute Gasteiger partial charge is 0.382 e. The van der Waals surface area contributed by atoms with Crippen molar-refractivity contribution in [2.75, 3.05) is 24.3 Å². The lowest BCUT2D eigenvalue weighted by Gasteiger charge is -2.20. The first-order chi connectivity index (χ1) is 10.0. The number of hydrogen-bond acceptors (Lipinski definition) is 4. The molecule has 0 aliphatic rings. The fourth-order valence-corrected chi connectivity index (χ4v) is 2.45. The SMILES string of the molecule is CNc1cccc(N(C)Cc2ccc(Br)cc2)c1[N+](=O)[O-]. The van der Waals surface area contributed by atoms with E-state index in [4.69, 9.17) is 0 Å². The van der Waals surface area contributed by atoms with Gasteiger partial charge in [-0.05, 0) is 29.8 Å². The van der Waals surface area contributed by atoms with Crippen LogP contribution in [0.5, 0.6) is 0 Å². The summed E-state index contributed by atoms with van der Waals surface area (Å²) < 4.78 is 1.01. The Morgan fingerprint density at radius 2 is 1.90 bits per heavy atom. The lowest BCUT2D eigenvalue weighted by Crippen LogP contribution is -2.18. The molecule has 2 aromatic carbocycles. The van der Waals surface area contributed by atoms with Gasteiger partial charge in [-0.25, -0.2) is 0 Å². The number of nitro benzene ring substituents is 1. The van der Waals surface area contributed by atoms with Crippen LogP contribution in [0.4, 0.5) is 17.1 Å². The third kappa shape index (κ3) is 3.52. The van der Waals surface area contributed by atoms with Gasteiger partial charge < -0.3 is 10.2 Å². The van der Waals surface area contributed by atoms with Crippen molar-refractivity contribution in [3.8, 4) is 0 Å². The summed E-state index contributed by atoms with van der Waals surface area (Å²) in [6.07, 6.45) is 0. The van der Waals surface area contributed by atoms with E-state index in [2.05, 4.69) is 21.2 Å². The Labute approximate surface area is 131 Å². The number of para-hydroxylation sites is 1. The van der Waals surface area contributed by atoms with Gasteiger partial charge in [0.2, 0.25) is 0 Å². The highest BCUT2D eigenvalue weighted by Gasteiger charge is 2.21. The van der Waals surface area contributed by atoms with Gasteiger partial charge in [0.15, 0.2) is 0 Å². The van der Waals surface area contributed by atoms with Crippen molar-refractivity contribution < 1.29 is 4.92 Å². The maximum absolute atomic E-state index is 11.3. The second-order valence-corrected chi connectivity index (χ2v) is 5.58. The zero-order valence-corrected chi connectivity index (χ0v) is 13.4. The Bertz CT molecular complexity index is 644. The van der Waals surface area contributed by atoms with Gasteiger partial charge in [-0.1, -0.05) is 34.1 Å². The minimum Gasteiger partial charge on any atom is -0.382 e. The number of halogens is 1. The summed E-state index contributed by atoms with van der Waals surface area (Å²) >= 11 is 3.39. The second-order valence-electron chi connectivity index (χ2n) is 4.66. The Balaban J connectivity index is 2.32. The first-order valence-corrected chi connectivity index (χ1v) is 7.23. The summed E-state index contributed by atoms with van der Waals surface area (Å²) in [6.45, 7) is 0.598. The molecule has 0 fully saturated rings. The molecule has 0 aliphatic carbocycles. The molecule has 0 saturated heterocycles. The maximum atomic E-state index is 11.3.